The average molecular weight is 289 g/mol. The van der Waals surface area contributed by atoms with E-state index in [0.29, 0.717) is 6.04 Å². The Hall–Kier alpha value is -1.02. The van der Waals surface area contributed by atoms with Crippen LogP contribution in [0.25, 0.3) is 0 Å². The lowest BCUT2D eigenvalue weighted by molar-refractivity contribution is 0.222. The third-order valence-corrected chi connectivity index (χ3v) is 4.89. The predicted molar refractivity (Wildman–Crippen MR) is 90.0 cm³/mol. The predicted octanol–water partition coefficient (Wildman–Crippen LogP) is 4.35. The van der Waals surface area contributed by atoms with E-state index in [1.165, 1.54) is 36.8 Å². The number of hydrogen-bond donors (Lipinski definition) is 1. The Morgan fingerprint density at radius 3 is 2.81 bits per heavy atom. The van der Waals surface area contributed by atoms with Gasteiger partial charge in [0.15, 0.2) is 0 Å². The zero-order valence-corrected chi connectivity index (χ0v) is 14.1. The second-order valence-electron chi connectivity index (χ2n) is 6.72. The van der Waals surface area contributed by atoms with Crippen molar-refractivity contribution in [3.63, 3.8) is 0 Å². The highest BCUT2D eigenvalue weighted by molar-refractivity contribution is 5.37. The number of benzene rings is 1. The maximum Gasteiger partial charge on any atom is 0.122 e. The van der Waals surface area contributed by atoms with Crippen LogP contribution in [0.5, 0.6) is 5.75 Å². The molecule has 1 aliphatic rings. The first-order valence-corrected chi connectivity index (χ1v) is 8.51. The van der Waals surface area contributed by atoms with E-state index >= 15 is 0 Å². The molecule has 0 bridgehead atoms. The summed E-state index contributed by atoms with van der Waals surface area (Å²) in [6.45, 7) is 7.83. The van der Waals surface area contributed by atoms with Gasteiger partial charge in [-0.1, -0.05) is 44.4 Å². The van der Waals surface area contributed by atoms with Crippen LogP contribution in [0, 0.1) is 18.8 Å². The van der Waals surface area contributed by atoms with Crippen LogP contribution >= 0.6 is 0 Å². The molecule has 1 fully saturated rings. The Kier molecular flexibility index (Phi) is 6.10. The summed E-state index contributed by atoms with van der Waals surface area (Å²) < 4.78 is 5.56. The topological polar surface area (TPSA) is 21.3 Å². The van der Waals surface area contributed by atoms with E-state index in [1.807, 2.05) is 0 Å². The number of rotatable bonds is 6. The van der Waals surface area contributed by atoms with Crippen LogP contribution in [0.2, 0.25) is 0 Å². The van der Waals surface area contributed by atoms with E-state index in [9.17, 15) is 0 Å². The molecule has 2 heteroatoms. The summed E-state index contributed by atoms with van der Waals surface area (Å²) in [4.78, 5) is 0. The third kappa shape index (κ3) is 4.47. The Morgan fingerprint density at radius 1 is 1.33 bits per heavy atom. The van der Waals surface area contributed by atoms with Crippen molar-refractivity contribution in [3.05, 3.63) is 29.3 Å². The number of aryl methyl sites for hydroxylation is 1. The maximum absolute atomic E-state index is 5.56. The fourth-order valence-corrected chi connectivity index (χ4v) is 3.82. The lowest BCUT2D eigenvalue weighted by Gasteiger charge is -2.34. The largest absolute Gasteiger partial charge is 0.496 e. The Bertz CT molecular complexity index is 443. The summed E-state index contributed by atoms with van der Waals surface area (Å²) in [6.07, 6.45) is 6.61. The summed E-state index contributed by atoms with van der Waals surface area (Å²) >= 11 is 0. The molecule has 21 heavy (non-hydrogen) atoms. The molecule has 1 N–H and O–H groups in total. The van der Waals surface area contributed by atoms with Crippen LogP contribution in [0.3, 0.4) is 0 Å². The number of hydrogen-bond acceptors (Lipinski definition) is 2. The van der Waals surface area contributed by atoms with Crippen LogP contribution in [-0.4, -0.2) is 19.7 Å². The number of ether oxygens (including phenoxy) is 1. The quantitative estimate of drug-likeness (QED) is 0.840. The van der Waals surface area contributed by atoms with Gasteiger partial charge in [-0.2, -0.15) is 0 Å². The van der Waals surface area contributed by atoms with E-state index in [-0.39, 0.29) is 0 Å². The van der Waals surface area contributed by atoms with E-state index in [1.54, 1.807) is 7.11 Å². The van der Waals surface area contributed by atoms with Gasteiger partial charge in [0.25, 0.3) is 0 Å². The molecule has 0 amide bonds. The van der Waals surface area contributed by atoms with Crippen molar-refractivity contribution >= 4 is 0 Å². The molecule has 1 saturated carbocycles. The third-order valence-electron chi connectivity index (χ3n) is 4.89. The minimum absolute atomic E-state index is 0.577. The van der Waals surface area contributed by atoms with Crippen molar-refractivity contribution in [1.82, 2.24) is 5.32 Å². The van der Waals surface area contributed by atoms with Gasteiger partial charge in [-0.3, -0.25) is 0 Å². The van der Waals surface area contributed by atoms with Crippen molar-refractivity contribution < 1.29 is 4.74 Å². The molecular weight excluding hydrogens is 258 g/mol. The van der Waals surface area contributed by atoms with Crippen LogP contribution in [0.15, 0.2) is 18.2 Å². The summed E-state index contributed by atoms with van der Waals surface area (Å²) in [5, 5.41) is 3.74. The zero-order chi connectivity index (χ0) is 15.2. The second-order valence-corrected chi connectivity index (χ2v) is 6.72. The van der Waals surface area contributed by atoms with E-state index < -0.39 is 0 Å². The first-order chi connectivity index (χ1) is 10.1. The monoisotopic (exact) mass is 289 g/mol. The zero-order valence-electron chi connectivity index (χ0n) is 14.1. The molecule has 3 unspecified atom stereocenters. The normalized spacial score (nSPS) is 23.8. The van der Waals surface area contributed by atoms with Crippen molar-refractivity contribution in [3.8, 4) is 5.75 Å². The fourth-order valence-electron chi connectivity index (χ4n) is 3.82. The summed E-state index contributed by atoms with van der Waals surface area (Å²) in [5.74, 6) is 2.72. The lowest BCUT2D eigenvalue weighted by Crippen LogP contribution is -2.40. The standard InChI is InChI=1S/C19H31NO/c1-5-20-18(16-8-6-7-14(2)11-16)13-17-12-15(3)9-10-19(17)21-4/h9-10,12,14,16,18,20H,5-8,11,13H2,1-4H3. The molecule has 3 atom stereocenters. The van der Waals surface area contributed by atoms with Crippen molar-refractivity contribution in [2.75, 3.05) is 13.7 Å². The van der Waals surface area contributed by atoms with Crippen molar-refractivity contribution in [2.24, 2.45) is 11.8 Å². The number of methoxy groups -OCH3 is 1. The van der Waals surface area contributed by atoms with Gasteiger partial charge in [-0.25, -0.2) is 0 Å². The molecule has 1 aliphatic carbocycles. The van der Waals surface area contributed by atoms with Gasteiger partial charge in [-0.15, -0.1) is 0 Å². The Balaban J connectivity index is 2.13. The number of nitrogens with one attached hydrogen (secondary N) is 1. The van der Waals surface area contributed by atoms with E-state index in [2.05, 4.69) is 44.3 Å². The molecule has 118 valence electrons. The summed E-state index contributed by atoms with van der Waals surface area (Å²) in [5.41, 5.74) is 2.67. The van der Waals surface area contributed by atoms with E-state index in [0.717, 1.165) is 30.6 Å². The first kappa shape index (κ1) is 16.4. The molecule has 0 spiro atoms. The molecule has 0 heterocycles. The minimum atomic E-state index is 0.577. The number of likely N-dealkylation sites (N-methyl/N-ethyl adjacent to an activating group) is 1. The molecule has 1 aromatic carbocycles. The van der Waals surface area contributed by atoms with Crippen LogP contribution in [-0.2, 0) is 6.42 Å². The first-order valence-electron chi connectivity index (χ1n) is 8.51. The van der Waals surface area contributed by atoms with Gasteiger partial charge in [0.1, 0.15) is 5.75 Å². The van der Waals surface area contributed by atoms with Gasteiger partial charge in [-0.05, 0) is 56.2 Å². The van der Waals surface area contributed by atoms with Crippen LogP contribution < -0.4 is 10.1 Å². The van der Waals surface area contributed by atoms with Crippen molar-refractivity contribution in [1.29, 1.82) is 0 Å². The maximum atomic E-state index is 5.56. The van der Waals surface area contributed by atoms with Gasteiger partial charge in [0.2, 0.25) is 0 Å². The summed E-state index contributed by atoms with van der Waals surface area (Å²) in [6, 6.07) is 7.10. The van der Waals surface area contributed by atoms with Gasteiger partial charge < -0.3 is 10.1 Å². The molecule has 0 aromatic heterocycles. The average Bonchev–Trinajstić information content (AvgIpc) is 2.47. The Labute approximate surface area is 130 Å². The lowest BCUT2D eigenvalue weighted by atomic mass is 9.77. The van der Waals surface area contributed by atoms with Gasteiger partial charge in [0.05, 0.1) is 7.11 Å². The summed E-state index contributed by atoms with van der Waals surface area (Å²) in [7, 11) is 1.78. The molecule has 0 saturated heterocycles. The molecular formula is C19H31NO. The minimum Gasteiger partial charge on any atom is -0.496 e. The Morgan fingerprint density at radius 2 is 2.14 bits per heavy atom. The molecule has 0 radical (unpaired) electrons. The van der Waals surface area contributed by atoms with Gasteiger partial charge >= 0.3 is 0 Å². The second kappa shape index (κ2) is 7.84. The van der Waals surface area contributed by atoms with E-state index in [4.69, 9.17) is 4.74 Å². The molecule has 2 nitrogen and oxygen atoms in total. The molecule has 1 aromatic rings. The highest BCUT2D eigenvalue weighted by Gasteiger charge is 2.27. The molecule has 2 rings (SSSR count). The highest BCUT2D eigenvalue weighted by atomic mass is 16.5. The van der Waals surface area contributed by atoms with Crippen LogP contribution in [0.4, 0.5) is 0 Å². The van der Waals surface area contributed by atoms with Gasteiger partial charge in [0, 0.05) is 6.04 Å². The van der Waals surface area contributed by atoms with Crippen LogP contribution in [0.1, 0.15) is 50.7 Å². The molecule has 0 aliphatic heterocycles. The van der Waals surface area contributed by atoms with Crippen molar-refractivity contribution in [2.45, 2.75) is 58.9 Å². The fraction of sp³-hybridized carbons (Fsp3) is 0.684. The smallest absolute Gasteiger partial charge is 0.122 e. The highest BCUT2D eigenvalue weighted by Crippen LogP contribution is 2.33. The SMILES string of the molecule is CCNC(Cc1cc(C)ccc1OC)C1CCCC(C)C1.